The highest BCUT2D eigenvalue weighted by atomic mass is 16.1. The van der Waals surface area contributed by atoms with Crippen molar-refractivity contribution in [2.24, 2.45) is 5.92 Å². The molecular weight excluding hydrogens is 238 g/mol. The van der Waals surface area contributed by atoms with Crippen LogP contribution in [-0.2, 0) is 0 Å². The summed E-state index contributed by atoms with van der Waals surface area (Å²) in [6.45, 7) is 9.18. The number of nitrogens with one attached hydrogen (secondary N) is 2. The smallest absolute Gasteiger partial charge is 0.255 e. The Bertz CT molecular complexity index is 404. The number of hydrogen-bond donors (Lipinski definition) is 2. The number of amides is 1. The van der Waals surface area contributed by atoms with E-state index in [4.69, 9.17) is 0 Å². The Morgan fingerprint density at radius 3 is 2.74 bits per heavy atom. The fourth-order valence-corrected chi connectivity index (χ4v) is 1.56. The highest BCUT2D eigenvalue weighted by Crippen LogP contribution is 2.12. The van der Waals surface area contributed by atoms with Crippen LogP contribution in [0.1, 0.15) is 50.9 Å². The van der Waals surface area contributed by atoms with Gasteiger partial charge in [0.25, 0.3) is 5.91 Å². The van der Waals surface area contributed by atoms with Gasteiger partial charge in [0.15, 0.2) is 0 Å². The van der Waals surface area contributed by atoms with Gasteiger partial charge in [0.1, 0.15) is 5.82 Å². The highest BCUT2D eigenvalue weighted by Gasteiger charge is 2.15. The number of carbonyl (C=O) groups excluding carboxylic acids is 1. The number of rotatable bonds is 7. The van der Waals surface area contributed by atoms with Crippen LogP contribution in [0, 0.1) is 5.92 Å². The van der Waals surface area contributed by atoms with Crippen LogP contribution < -0.4 is 10.6 Å². The van der Waals surface area contributed by atoms with E-state index in [1.54, 1.807) is 12.3 Å². The molecule has 0 aliphatic rings. The fraction of sp³-hybridized carbons (Fsp3) is 0.600. The second kappa shape index (κ2) is 7.77. The molecular formula is C15H25N3O. The van der Waals surface area contributed by atoms with Crippen molar-refractivity contribution in [1.82, 2.24) is 10.3 Å². The standard InChI is InChI=1S/C15H25N3O/c1-5-6-9-16-14-13(8-7-10-17-14)15(19)18-12(4)11(2)3/h7-8,10-12H,5-6,9H2,1-4H3,(H,16,17)(H,18,19). The summed E-state index contributed by atoms with van der Waals surface area (Å²) in [6.07, 6.45) is 3.89. The Balaban J connectivity index is 2.73. The summed E-state index contributed by atoms with van der Waals surface area (Å²) < 4.78 is 0. The zero-order chi connectivity index (χ0) is 14.3. The molecule has 0 radical (unpaired) electrons. The lowest BCUT2D eigenvalue weighted by atomic mass is 10.1. The number of anilines is 1. The maximum atomic E-state index is 12.2. The van der Waals surface area contributed by atoms with E-state index in [1.165, 1.54) is 0 Å². The Morgan fingerprint density at radius 1 is 1.37 bits per heavy atom. The second-order valence-electron chi connectivity index (χ2n) is 5.19. The molecule has 0 bridgehead atoms. The van der Waals surface area contributed by atoms with Gasteiger partial charge in [0.05, 0.1) is 5.56 Å². The summed E-state index contributed by atoms with van der Waals surface area (Å²) >= 11 is 0. The predicted molar refractivity (Wildman–Crippen MR) is 79.4 cm³/mol. The third-order valence-electron chi connectivity index (χ3n) is 3.23. The van der Waals surface area contributed by atoms with Crippen molar-refractivity contribution in [2.45, 2.75) is 46.6 Å². The van der Waals surface area contributed by atoms with Gasteiger partial charge in [-0.25, -0.2) is 4.98 Å². The monoisotopic (exact) mass is 263 g/mol. The normalized spacial score (nSPS) is 12.3. The number of nitrogens with zero attached hydrogens (tertiary/aromatic N) is 1. The third kappa shape index (κ3) is 4.89. The Labute approximate surface area is 116 Å². The van der Waals surface area contributed by atoms with Gasteiger partial charge in [-0.2, -0.15) is 0 Å². The van der Waals surface area contributed by atoms with Gasteiger partial charge < -0.3 is 10.6 Å². The SMILES string of the molecule is CCCCNc1ncccc1C(=O)NC(C)C(C)C. The first-order chi connectivity index (χ1) is 9.06. The fourth-order valence-electron chi connectivity index (χ4n) is 1.56. The van der Waals surface area contributed by atoms with Crippen LogP contribution in [0.15, 0.2) is 18.3 Å². The average Bonchev–Trinajstić information content (AvgIpc) is 2.39. The summed E-state index contributed by atoms with van der Waals surface area (Å²) in [5.41, 5.74) is 0.617. The molecule has 1 atom stereocenters. The van der Waals surface area contributed by atoms with Crippen molar-refractivity contribution in [3.05, 3.63) is 23.9 Å². The molecule has 1 aromatic rings. The van der Waals surface area contributed by atoms with E-state index in [0.29, 0.717) is 17.3 Å². The molecule has 1 aromatic heterocycles. The van der Waals surface area contributed by atoms with Crippen LogP contribution in [0.3, 0.4) is 0 Å². The first-order valence-corrected chi connectivity index (χ1v) is 7.06. The van der Waals surface area contributed by atoms with Crippen molar-refractivity contribution in [2.75, 3.05) is 11.9 Å². The first-order valence-electron chi connectivity index (χ1n) is 7.06. The van der Waals surface area contributed by atoms with Crippen molar-refractivity contribution in [3.63, 3.8) is 0 Å². The minimum atomic E-state index is -0.0618. The van der Waals surface area contributed by atoms with E-state index in [0.717, 1.165) is 19.4 Å². The Morgan fingerprint density at radius 2 is 2.11 bits per heavy atom. The van der Waals surface area contributed by atoms with Crippen LogP contribution in [0.25, 0.3) is 0 Å². The zero-order valence-electron chi connectivity index (χ0n) is 12.4. The summed E-state index contributed by atoms with van der Waals surface area (Å²) in [5.74, 6) is 1.02. The van der Waals surface area contributed by atoms with Gasteiger partial charge in [0.2, 0.25) is 0 Å². The third-order valence-corrected chi connectivity index (χ3v) is 3.23. The molecule has 1 amide bonds. The van der Waals surface area contributed by atoms with E-state index < -0.39 is 0 Å². The number of carbonyl (C=O) groups is 1. The molecule has 4 heteroatoms. The van der Waals surface area contributed by atoms with E-state index in [-0.39, 0.29) is 11.9 Å². The lowest BCUT2D eigenvalue weighted by molar-refractivity contribution is 0.0931. The maximum Gasteiger partial charge on any atom is 0.255 e. The molecule has 1 heterocycles. The highest BCUT2D eigenvalue weighted by molar-refractivity contribution is 5.98. The van der Waals surface area contributed by atoms with Gasteiger partial charge in [-0.3, -0.25) is 4.79 Å². The summed E-state index contributed by atoms with van der Waals surface area (Å²) in [4.78, 5) is 16.5. The Kier molecular flexibility index (Phi) is 6.33. The van der Waals surface area contributed by atoms with Crippen molar-refractivity contribution in [1.29, 1.82) is 0 Å². The molecule has 0 aliphatic carbocycles. The van der Waals surface area contributed by atoms with Crippen LogP contribution in [0.4, 0.5) is 5.82 Å². The molecule has 0 saturated carbocycles. The summed E-state index contributed by atoms with van der Waals surface area (Å²) in [5, 5.41) is 6.23. The average molecular weight is 263 g/mol. The second-order valence-corrected chi connectivity index (χ2v) is 5.19. The number of hydrogen-bond acceptors (Lipinski definition) is 3. The molecule has 2 N–H and O–H groups in total. The topological polar surface area (TPSA) is 54.0 Å². The van der Waals surface area contributed by atoms with Gasteiger partial charge in [-0.1, -0.05) is 27.2 Å². The number of pyridine rings is 1. The molecule has 0 fully saturated rings. The van der Waals surface area contributed by atoms with Crippen LogP contribution in [0.2, 0.25) is 0 Å². The van der Waals surface area contributed by atoms with E-state index >= 15 is 0 Å². The van der Waals surface area contributed by atoms with Crippen LogP contribution >= 0.6 is 0 Å². The molecule has 0 aromatic carbocycles. The number of unbranched alkanes of at least 4 members (excludes halogenated alkanes) is 1. The zero-order valence-corrected chi connectivity index (χ0v) is 12.4. The van der Waals surface area contributed by atoms with Gasteiger partial charge in [0, 0.05) is 18.8 Å². The molecule has 4 nitrogen and oxygen atoms in total. The van der Waals surface area contributed by atoms with E-state index in [9.17, 15) is 4.79 Å². The van der Waals surface area contributed by atoms with Crippen molar-refractivity contribution >= 4 is 11.7 Å². The van der Waals surface area contributed by atoms with Gasteiger partial charge in [-0.05, 0) is 31.4 Å². The predicted octanol–water partition coefficient (Wildman–Crippen LogP) is 3.07. The van der Waals surface area contributed by atoms with Crippen LogP contribution in [-0.4, -0.2) is 23.5 Å². The van der Waals surface area contributed by atoms with E-state index in [1.807, 2.05) is 13.0 Å². The summed E-state index contributed by atoms with van der Waals surface area (Å²) in [6, 6.07) is 3.75. The largest absolute Gasteiger partial charge is 0.369 e. The Hall–Kier alpha value is -1.58. The van der Waals surface area contributed by atoms with Crippen molar-refractivity contribution in [3.8, 4) is 0 Å². The molecule has 1 unspecified atom stereocenters. The van der Waals surface area contributed by atoms with Gasteiger partial charge >= 0.3 is 0 Å². The first kappa shape index (κ1) is 15.5. The molecule has 0 saturated heterocycles. The molecule has 19 heavy (non-hydrogen) atoms. The lowest BCUT2D eigenvalue weighted by Gasteiger charge is -2.18. The van der Waals surface area contributed by atoms with E-state index in [2.05, 4.69) is 36.4 Å². The maximum absolute atomic E-state index is 12.2. The molecule has 106 valence electrons. The minimum Gasteiger partial charge on any atom is -0.369 e. The molecule has 0 aliphatic heterocycles. The number of aromatic nitrogens is 1. The molecule has 1 rings (SSSR count). The molecule has 0 spiro atoms. The van der Waals surface area contributed by atoms with Crippen LogP contribution in [0.5, 0.6) is 0 Å². The van der Waals surface area contributed by atoms with Crippen molar-refractivity contribution < 1.29 is 4.79 Å². The van der Waals surface area contributed by atoms with Gasteiger partial charge in [-0.15, -0.1) is 0 Å². The summed E-state index contributed by atoms with van der Waals surface area (Å²) in [7, 11) is 0. The minimum absolute atomic E-state index is 0.0618. The quantitative estimate of drug-likeness (QED) is 0.743. The lowest BCUT2D eigenvalue weighted by Crippen LogP contribution is -2.36.